The van der Waals surface area contributed by atoms with E-state index in [2.05, 4.69) is 20.9 Å². The minimum absolute atomic E-state index is 0.0952. The topological polar surface area (TPSA) is 56.4 Å². The van der Waals surface area contributed by atoms with Crippen molar-refractivity contribution in [3.05, 3.63) is 60.1 Å². The highest BCUT2D eigenvalue weighted by atomic mass is 19.1. The number of hydrogen-bond acceptors (Lipinski definition) is 3. The lowest BCUT2D eigenvalue weighted by molar-refractivity contribution is 0.122. The number of piperidine rings is 1. The molecule has 6 heteroatoms. The number of nitrogens with one attached hydrogen (secondary N) is 3. The second-order valence-corrected chi connectivity index (χ2v) is 9.26. The van der Waals surface area contributed by atoms with Crippen molar-refractivity contribution >= 4 is 6.03 Å². The van der Waals surface area contributed by atoms with Gasteiger partial charge < -0.3 is 20.9 Å². The summed E-state index contributed by atoms with van der Waals surface area (Å²) in [5.41, 5.74) is 1.22. The number of allylic oxidation sites excluding steroid dienone is 2. The monoisotopic (exact) mass is 426 g/mol. The van der Waals surface area contributed by atoms with Crippen LogP contribution in [0.25, 0.3) is 0 Å². The number of likely N-dealkylation sites (tertiary alicyclic amines) is 1. The molecule has 2 fully saturated rings. The van der Waals surface area contributed by atoms with E-state index in [4.69, 9.17) is 0 Å². The maximum Gasteiger partial charge on any atom is 0.316 e. The molecule has 0 radical (unpaired) electrons. The number of benzene rings is 1. The Hall–Kier alpha value is -2.34. The highest BCUT2D eigenvalue weighted by Crippen LogP contribution is 2.28. The third-order valence-electron chi connectivity index (χ3n) is 6.83. The summed E-state index contributed by atoms with van der Waals surface area (Å²) < 4.78 is 13.2. The predicted octanol–water partition coefficient (Wildman–Crippen LogP) is 3.94. The van der Waals surface area contributed by atoms with Gasteiger partial charge in [0.2, 0.25) is 0 Å². The van der Waals surface area contributed by atoms with Gasteiger partial charge in [0.1, 0.15) is 12.0 Å². The van der Waals surface area contributed by atoms with E-state index < -0.39 is 0 Å². The molecule has 1 aliphatic carbocycles. The van der Waals surface area contributed by atoms with Crippen molar-refractivity contribution in [1.82, 2.24) is 20.9 Å². The fourth-order valence-electron chi connectivity index (χ4n) is 5.27. The molecule has 168 valence electrons. The standard InChI is InChI=1S/C25H35FN4O/c26-22-12-10-19(11-13-22)16-20-6-5-15-30(17-20)18-21-7-1-2-8-23(21)28-25(31)29-24-9-3-4-14-27-24/h3-4,9-14,20-21,23-24,27H,1-2,5-8,15-18H2,(H2,28,29,31)/t20-,21-,23+,24?/m0/s1. The first-order valence-electron chi connectivity index (χ1n) is 11.8. The lowest BCUT2D eigenvalue weighted by atomic mass is 9.83. The summed E-state index contributed by atoms with van der Waals surface area (Å²) >= 11 is 0. The summed E-state index contributed by atoms with van der Waals surface area (Å²) in [6.45, 7) is 3.28. The molecule has 31 heavy (non-hydrogen) atoms. The van der Waals surface area contributed by atoms with Gasteiger partial charge in [0.05, 0.1) is 0 Å². The van der Waals surface area contributed by atoms with E-state index in [9.17, 15) is 9.18 Å². The average Bonchev–Trinajstić information content (AvgIpc) is 2.78. The van der Waals surface area contributed by atoms with Crippen LogP contribution in [0.5, 0.6) is 0 Å². The van der Waals surface area contributed by atoms with Crippen LogP contribution in [0, 0.1) is 17.7 Å². The minimum atomic E-state index is -0.166. The van der Waals surface area contributed by atoms with Gasteiger partial charge >= 0.3 is 6.03 Å². The molecule has 1 aromatic carbocycles. The molecule has 0 spiro atoms. The molecule has 2 heterocycles. The first kappa shape index (κ1) is 21.9. The highest BCUT2D eigenvalue weighted by molar-refractivity contribution is 5.74. The van der Waals surface area contributed by atoms with Crippen molar-refractivity contribution < 1.29 is 9.18 Å². The van der Waals surface area contributed by atoms with Gasteiger partial charge in [0, 0.05) is 19.1 Å². The Bertz CT molecular complexity index is 778. The van der Waals surface area contributed by atoms with Crippen molar-refractivity contribution in [2.75, 3.05) is 19.6 Å². The van der Waals surface area contributed by atoms with Crippen LogP contribution in [-0.2, 0) is 6.42 Å². The van der Waals surface area contributed by atoms with E-state index in [0.717, 1.165) is 32.5 Å². The molecule has 1 aromatic rings. The third kappa shape index (κ3) is 6.57. The maximum atomic E-state index is 13.2. The van der Waals surface area contributed by atoms with E-state index in [1.54, 1.807) is 12.1 Å². The number of dihydropyridines is 1. The SMILES string of the molecule is O=C(NC1C=CC=CN1)N[C@@H]1CCCC[C@H]1CN1CCC[C@@H](Cc2ccc(F)cc2)C1. The molecule has 4 atom stereocenters. The Kier molecular flexibility index (Phi) is 7.62. The molecule has 1 saturated carbocycles. The Labute approximate surface area is 185 Å². The van der Waals surface area contributed by atoms with Crippen LogP contribution in [-0.4, -0.2) is 42.8 Å². The lowest BCUT2D eigenvalue weighted by Crippen LogP contribution is -2.54. The summed E-state index contributed by atoms with van der Waals surface area (Å²) in [5, 5.41) is 9.36. The molecule has 3 aliphatic rings. The Morgan fingerprint density at radius 1 is 1.06 bits per heavy atom. The van der Waals surface area contributed by atoms with Gasteiger partial charge in [0.25, 0.3) is 0 Å². The average molecular weight is 427 g/mol. The zero-order valence-corrected chi connectivity index (χ0v) is 18.2. The van der Waals surface area contributed by atoms with Crippen molar-refractivity contribution in [3.8, 4) is 0 Å². The third-order valence-corrected chi connectivity index (χ3v) is 6.83. The predicted molar refractivity (Wildman–Crippen MR) is 122 cm³/mol. The molecule has 0 bridgehead atoms. The summed E-state index contributed by atoms with van der Waals surface area (Å²) in [4.78, 5) is 15.1. The van der Waals surface area contributed by atoms with Crippen LogP contribution in [0.3, 0.4) is 0 Å². The van der Waals surface area contributed by atoms with E-state index in [-0.39, 0.29) is 24.1 Å². The number of halogens is 1. The van der Waals surface area contributed by atoms with E-state index in [1.165, 1.54) is 37.7 Å². The molecule has 2 aliphatic heterocycles. The second-order valence-electron chi connectivity index (χ2n) is 9.26. The quantitative estimate of drug-likeness (QED) is 0.646. The summed E-state index contributed by atoms with van der Waals surface area (Å²) in [6.07, 6.45) is 15.6. The van der Waals surface area contributed by atoms with Crippen LogP contribution in [0.1, 0.15) is 44.1 Å². The van der Waals surface area contributed by atoms with Crippen LogP contribution in [0.2, 0.25) is 0 Å². The van der Waals surface area contributed by atoms with Crippen molar-refractivity contribution in [2.24, 2.45) is 11.8 Å². The van der Waals surface area contributed by atoms with Crippen LogP contribution < -0.4 is 16.0 Å². The number of rotatable bonds is 6. The highest BCUT2D eigenvalue weighted by Gasteiger charge is 2.30. The van der Waals surface area contributed by atoms with E-state index in [1.807, 2.05) is 36.6 Å². The van der Waals surface area contributed by atoms with Gasteiger partial charge in [-0.05, 0) is 86.5 Å². The smallest absolute Gasteiger partial charge is 0.316 e. The van der Waals surface area contributed by atoms with Crippen molar-refractivity contribution in [1.29, 1.82) is 0 Å². The normalized spacial score (nSPS) is 28.7. The molecular weight excluding hydrogens is 391 g/mol. The van der Waals surface area contributed by atoms with Gasteiger partial charge in [0.15, 0.2) is 0 Å². The molecule has 4 rings (SSSR count). The van der Waals surface area contributed by atoms with Crippen LogP contribution in [0.4, 0.5) is 9.18 Å². The van der Waals surface area contributed by atoms with Crippen LogP contribution >= 0.6 is 0 Å². The van der Waals surface area contributed by atoms with Gasteiger partial charge in [-0.1, -0.05) is 31.1 Å². The molecule has 0 aromatic heterocycles. The molecule has 1 saturated heterocycles. The fourth-order valence-corrected chi connectivity index (χ4v) is 5.27. The maximum absolute atomic E-state index is 13.2. The number of hydrogen-bond donors (Lipinski definition) is 3. The first-order chi connectivity index (χ1) is 15.2. The minimum Gasteiger partial charge on any atom is -0.368 e. The zero-order valence-electron chi connectivity index (χ0n) is 18.2. The number of carbonyl (C=O) groups excluding carboxylic acids is 1. The molecule has 3 N–H and O–H groups in total. The van der Waals surface area contributed by atoms with Gasteiger partial charge in [-0.25, -0.2) is 9.18 Å². The summed E-state index contributed by atoms with van der Waals surface area (Å²) in [5.74, 6) is 0.953. The summed E-state index contributed by atoms with van der Waals surface area (Å²) in [6, 6.07) is 7.10. The Morgan fingerprint density at radius 3 is 2.71 bits per heavy atom. The zero-order chi connectivity index (χ0) is 21.5. The van der Waals surface area contributed by atoms with E-state index >= 15 is 0 Å². The second kappa shape index (κ2) is 10.8. The molecule has 5 nitrogen and oxygen atoms in total. The largest absolute Gasteiger partial charge is 0.368 e. The molecule has 2 amide bonds. The van der Waals surface area contributed by atoms with Gasteiger partial charge in [-0.15, -0.1) is 0 Å². The number of nitrogens with zero attached hydrogens (tertiary/aromatic N) is 1. The number of amides is 2. The molecular formula is C25H35FN4O. The first-order valence-corrected chi connectivity index (χ1v) is 11.8. The lowest BCUT2D eigenvalue weighted by Gasteiger charge is -2.39. The Balaban J connectivity index is 1.27. The summed E-state index contributed by atoms with van der Waals surface area (Å²) in [7, 11) is 0. The van der Waals surface area contributed by atoms with Gasteiger partial charge in [-0.2, -0.15) is 0 Å². The Morgan fingerprint density at radius 2 is 1.90 bits per heavy atom. The number of carbonyl (C=O) groups is 1. The van der Waals surface area contributed by atoms with Crippen LogP contribution in [0.15, 0.2) is 48.7 Å². The van der Waals surface area contributed by atoms with Crippen molar-refractivity contribution in [3.63, 3.8) is 0 Å². The fraction of sp³-hybridized carbons (Fsp3) is 0.560. The van der Waals surface area contributed by atoms with Crippen molar-refractivity contribution in [2.45, 2.75) is 57.2 Å². The van der Waals surface area contributed by atoms with Gasteiger partial charge in [-0.3, -0.25) is 0 Å². The van der Waals surface area contributed by atoms with E-state index in [0.29, 0.717) is 11.8 Å². The molecule has 1 unspecified atom stereocenters. The number of urea groups is 1.